The van der Waals surface area contributed by atoms with E-state index in [0.29, 0.717) is 22.7 Å². The molecule has 0 aliphatic rings. The van der Waals surface area contributed by atoms with Gasteiger partial charge in [0.05, 0.1) is 5.56 Å². The molecule has 0 unspecified atom stereocenters. The fraction of sp³-hybridized carbons (Fsp3) is 0.0714. The Morgan fingerprint density at radius 1 is 1.00 bits per heavy atom. The van der Waals surface area contributed by atoms with E-state index in [0.717, 1.165) is 12.1 Å². The number of imidazole rings is 1. The number of anilines is 1. The van der Waals surface area contributed by atoms with Crippen molar-refractivity contribution in [3.63, 3.8) is 0 Å². The van der Waals surface area contributed by atoms with Gasteiger partial charge in [-0.05, 0) is 24.3 Å². The summed E-state index contributed by atoms with van der Waals surface area (Å²) in [5, 5.41) is 0. The number of hydrogen-bond donors (Lipinski definition) is 1. The minimum Gasteiger partial charge on any atom is -0.383 e. The third-order valence-corrected chi connectivity index (χ3v) is 3.05. The van der Waals surface area contributed by atoms with Crippen molar-refractivity contribution >= 4 is 11.5 Å². The van der Waals surface area contributed by atoms with Crippen LogP contribution in [-0.2, 0) is 6.18 Å². The highest BCUT2D eigenvalue weighted by Crippen LogP contribution is 2.32. The molecule has 3 rings (SSSR count). The van der Waals surface area contributed by atoms with Gasteiger partial charge in [-0.3, -0.25) is 4.40 Å². The number of aromatic nitrogens is 2. The Bertz CT molecular complexity index is 757. The second kappa shape index (κ2) is 4.26. The van der Waals surface area contributed by atoms with Crippen LogP contribution in [-0.4, -0.2) is 9.38 Å². The van der Waals surface area contributed by atoms with E-state index in [9.17, 15) is 13.2 Å². The van der Waals surface area contributed by atoms with Crippen LogP contribution in [0.25, 0.3) is 16.9 Å². The first-order chi connectivity index (χ1) is 9.47. The molecule has 0 radical (unpaired) electrons. The SMILES string of the molecule is Nc1c(-c2ccc(C(F)(F)F)cc2)nc2ccccn12. The van der Waals surface area contributed by atoms with Crippen LogP contribution in [0.15, 0.2) is 48.7 Å². The van der Waals surface area contributed by atoms with Gasteiger partial charge in [0.25, 0.3) is 0 Å². The van der Waals surface area contributed by atoms with E-state index in [4.69, 9.17) is 5.73 Å². The van der Waals surface area contributed by atoms with Crippen LogP contribution in [0, 0.1) is 0 Å². The summed E-state index contributed by atoms with van der Waals surface area (Å²) in [6.07, 6.45) is -2.59. The zero-order valence-corrected chi connectivity index (χ0v) is 10.2. The molecule has 2 aromatic heterocycles. The molecule has 0 saturated carbocycles. The molecule has 0 bridgehead atoms. The number of nitrogens with two attached hydrogens (primary N) is 1. The number of fused-ring (bicyclic) bond motifs is 1. The fourth-order valence-corrected chi connectivity index (χ4v) is 2.04. The number of pyridine rings is 1. The summed E-state index contributed by atoms with van der Waals surface area (Å²) in [5.74, 6) is 0.403. The lowest BCUT2D eigenvalue weighted by molar-refractivity contribution is -0.137. The van der Waals surface area contributed by atoms with Crippen LogP contribution in [0.3, 0.4) is 0 Å². The van der Waals surface area contributed by atoms with Crippen molar-refractivity contribution < 1.29 is 13.2 Å². The number of rotatable bonds is 1. The standard InChI is InChI=1S/C14H10F3N3/c15-14(16,17)10-6-4-9(5-7-10)12-13(18)20-8-2-1-3-11(20)19-12/h1-8H,18H2. The zero-order chi connectivity index (χ0) is 14.3. The van der Waals surface area contributed by atoms with E-state index in [1.165, 1.54) is 12.1 Å². The summed E-state index contributed by atoms with van der Waals surface area (Å²) in [6.45, 7) is 0. The Morgan fingerprint density at radius 3 is 2.30 bits per heavy atom. The van der Waals surface area contributed by atoms with Gasteiger partial charge in [-0.2, -0.15) is 13.2 Å². The first-order valence-electron chi connectivity index (χ1n) is 5.87. The predicted octanol–water partition coefficient (Wildman–Crippen LogP) is 3.60. The van der Waals surface area contributed by atoms with Crippen molar-refractivity contribution in [3.8, 4) is 11.3 Å². The van der Waals surface area contributed by atoms with Gasteiger partial charge < -0.3 is 5.73 Å². The van der Waals surface area contributed by atoms with Gasteiger partial charge in [-0.15, -0.1) is 0 Å². The van der Waals surface area contributed by atoms with Crippen molar-refractivity contribution in [2.45, 2.75) is 6.18 Å². The normalized spacial score (nSPS) is 11.9. The summed E-state index contributed by atoms with van der Waals surface area (Å²) in [6, 6.07) is 10.2. The van der Waals surface area contributed by atoms with Crippen molar-refractivity contribution in [2.75, 3.05) is 5.73 Å². The smallest absolute Gasteiger partial charge is 0.383 e. The molecule has 3 aromatic rings. The van der Waals surface area contributed by atoms with Gasteiger partial charge in [0.2, 0.25) is 0 Å². The molecule has 0 amide bonds. The molecule has 6 heteroatoms. The summed E-state index contributed by atoms with van der Waals surface area (Å²) < 4.78 is 39.3. The first-order valence-corrected chi connectivity index (χ1v) is 5.87. The molecule has 3 nitrogen and oxygen atoms in total. The second-order valence-electron chi connectivity index (χ2n) is 4.35. The summed E-state index contributed by atoms with van der Waals surface area (Å²) in [5.41, 5.74) is 6.97. The maximum Gasteiger partial charge on any atom is 0.416 e. The Balaban J connectivity index is 2.09. The highest BCUT2D eigenvalue weighted by Gasteiger charge is 2.30. The number of alkyl halides is 3. The van der Waals surface area contributed by atoms with Crippen LogP contribution in [0.4, 0.5) is 19.0 Å². The zero-order valence-electron chi connectivity index (χ0n) is 10.2. The molecule has 2 N–H and O–H groups in total. The molecule has 0 atom stereocenters. The molecule has 102 valence electrons. The minimum absolute atomic E-state index is 0.403. The number of nitrogens with zero attached hydrogens (tertiary/aromatic N) is 2. The number of nitrogen functional groups attached to an aromatic ring is 1. The number of halogens is 3. The number of benzene rings is 1. The Morgan fingerprint density at radius 2 is 1.70 bits per heavy atom. The van der Waals surface area contributed by atoms with Crippen LogP contribution >= 0.6 is 0 Å². The summed E-state index contributed by atoms with van der Waals surface area (Å²) in [7, 11) is 0. The van der Waals surface area contributed by atoms with Gasteiger partial charge >= 0.3 is 6.18 Å². The second-order valence-corrected chi connectivity index (χ2v) is 4.35. The van der Waals surface area contributed by atoms with Crippen LogP contribution in [0.1, 0.15) is 5.56 Å². The van der Waals surface area contributed by atoms with Crippen molar-refractivity contribution in [2.24, 2.45) is 0 Å². The van der Waals surface area contributed by atoms with E-state index in [2.05, 4.69) is 4.98 Å². The summed E-state index contributed by atoms with van der Waals surface area (Å²) in [4.78, 5) is 4.33. The molecule has 0 aliphatic carbocycles. The highest BCUT2D eigenvalue weighted by molar-refractivity contribution is 5.74. The molecule has 0 spiro atoms. The quantitative estimate of drug-likeness (QED) is 0.738. The van der Waals surface area contributed by atoms with Crippen LogP contribution in [0.5, 0.6) is 0 Å². The molecule has 1 aromatic carbocycles. The number of hydrogen-bond acceptors (Lipinski definition) is 2. The van der Waals surface area contributed by atoms with Gasteiger partial charge in [-0.1, -0.05) is 18.2 Å². The average Bonchev–Trinajstić information content (AvgIpc) is 2.76. The van der Waals surface area contributed by atoms with Crippen molar-refractivity contribution in [3.05, 3.63) is 54.2 Å². The average molecular weight is 277 g/mol. The molecule has 0 saturated heterocycles. The lowest BCUT2D eigenvalue weighted by Crippen LogP contribution is -2.04. The predicted molar refractivity (Wildman–Crippen MR) is 70.0 cm³/mol. The van der Waals surface area contributed by atoms with Crippen LogP contribution in [0.2, 0.25) is 0 Å². The fourth-order valence-electron chi connectivity index (χ4n) is 2.04. The van der Waals surface area contributed by atoms with Crippen molar-refractivity contribution in [1.82, 2.24) is 9.38 Å². The Labute approximate surface area is 112 Å². The van der Waals surface area contributed by atoms with Gasteiger partial charge in [0.1, 0.15) is 17.2 Å². The van der Waals surface area contributed by atoms with Crippen LogP contribution < -0.4 is 5.73 Å². The topological polar surface area (TPSA) is 43.3 Å². The third kappa shape index (κ3) is 1.99. The van der Waals surface area contributed by atoms with E-state index in [-0.39, 0.29) is 0 Å². The maximum absolute atomic E-state index is 12.5. The Kier molecular flexibility index (Phi) is 2.67. The molecular formula is C14H10F3N3. The van der Waals surface area contributed by atoms with Gasteiger partial charge in [-0.25, -0.2) is 4.98 Å². The minimum atomic E-state index is -4.34. The van der Waals surface area contributed by atoms with E-state index >= 15 is 0 Å². The summed E-state index contributed by atoms with van der Waals surface area (Å²) >= 11 is 0. The molecule has 0 fully saturated rings. The highest BCUT2D eigenvalue weighted by atomic mass is 19.4. The van der Waals surface area contributed by atoms with E-state index in [1.54, 1.807) is 16.7 Å². The lowest BCUT2D eigenvalue weighted by atomic mass is 10.1. The maximum atomic E-state index is 12.5. The molecule has 2 heterocycles. The first kappa shape index (κ1) is 12.5. The van der Waals surface area contributed by atoms with E-state index in [1.807, 2.05) is 12.1 Å². The van der Waals surface area contributed by atoms with Gasteiger partial charge in [0.15, 0.2) is 0 Å². The van der Waals surface area contributed by atoms with Gasteiger partial charge in [0, 0.05) is 11.8 Å². The Hall–Kier alpha value is -2.50. The van der Waals surface area contributed by atoms with E-state index < -0.39 is 11.7 Å². The molecular weight excluding hydrogens is 267 g/mol. The largest absolute Gasteiger partial charge is 0.416 e. The van der Waals surface area contributed by atoms with Crippen molar-refractivity contribution in [1.29, 1.82) is 0 Å². The lowest BCUT2D eigenvalue weighted by Gasteiger charge is -2.06. The molecule has 0 aliphatic heterocycles. The molecule has 20 heavy (non-hydrogen) atoms. The monoisotopic (exact) mass is 277 g/mol. The third-order valence-electron chi connectivity index (χ3n) is 3.05.